The molecule has 138 valence electrons. The molecule has 1 rings (SSSR count). The lowest BCUT2D eigenvalue weighted by Crippen LogP contribution is -2.50. The minimum absolute atomic E-state index is 0.0846. The predicted octanol–water partition coefficient (Wildman–Crippen LogP) is 0.727. The van der Waals surface area contributed by atoms with Crippen molar-refractivity contribution in [3.63, 3.8) is 0 Å². The molecule has 0 saturated carbocycles. The Morgan fingerprint density at radius 2 is 2.00 bits per heavy atom. The second kappa shape index (κ2) is 9.01. The van der Waals surface area contributed by atoms with Gasteiger partial charge in [0.15, 0.2) is 0 Å². The zero-order valence-corrected chi connectivity index (χ0v) is 15.4. The highest BCUT2D eigenvalue weighted by Crippen LogP contribution is 2.09. The van der Waals surface area contributed by atoms with Crippen molar-refractivity contribution in [2.45, 2.75) is 71.6 Å². The molecule has 0 spiro atoms. The van der Waals surface area contributed by atoms with Crippen molar-refractivity contribution in [3.05, 3.63) is 0 Å². The first kappa shape index (κ1) is 20.4. The van der Waals surface area contributed by atoms with Gasteiger partial charge in [-0.25, -0.2) is 0 Å². The fraction of sp³-hybridized carbons (Fsp3) is 0.824. The van der Waals surface area contributed by atoms with E-state index in [0.29, 0.717) is 25.3 Å². The van der Waals surface area contributed by atoms with Crippen molar-refractivity contribution < 1.29 is 19.1 Å². The molecule has 3 N–H and O–H groups in total. The second-order valence-electron chi connectivity index (χ2n) is 7.71. The summed E-state index contributed by atoms with van der Waals surface area (Å²) in [7, 11) is 0. The number of esters is 1. The fourth-order valence-electron chi connectivity index (χ4n) is 2.60. The fourth-order valence-corrected chi connectivity index (χ4v) is 2.60. The summed E-state index contributed by atoms with van der Waals surface area (Å²) in [4.78, 5) is 35.2. The molecule has 2 atom stereocenters. The Labute approximate surface area is 144 Å². The second-order valence-corrected chi connectivity index (χ2v) is 7.71. The van der Waals surface area contributed by atoms with E-state index in [1.54, 1.807) is 0 Å². The molecule has 0 aliphatic carbocycles. The van der Waals surface area contributed by atoms with Crippen LogP contribution < -0.4 is 16.0 Å². The number of carbonyl (C=O) groups excluding carboxylic acids is 3. The first-order valence-electron chi connectivity index (χ1n) is 8.59. The van der Waals surface area contributed by atoms with E-state index in [-0.39, 0.29) is 30.4 Å². The molecule has 0 aromatic heterocycles. The Balaban J connectivity index is 2.43. The number of nitrogens with one attached hydrogen (secondary N) is 3. The minimum atomic E-state index is -0.509. The summed E-state index contributed by atoms with van der Waals surface area (Å²) in [5.41, 5.74) is -0.509. The van der Waals surface area contributed by atoms with E-state index in [0.717, 1.165) is 6.42 Å². The average molecular weight is 341 g/mol. The topological polar surface area (TPSA) is 96.5 Å². The molecule has 2 amide bonds. The van der Waals surface area contributed by atoms with Crippen LogP contribution in [0.5, 0.6) is 0 Å². The number of hydrogen-bond donors (Lipinski definition) is 3. The molecule has 7 nitrogen and oxygen atoms in total. The SMILES string of the molecule is CC(C)C[C@@H](CNCC(=O)OC(C)(C)C)NC(=O)[C@H]1CCC(=O)N1. The van der Waals surface area contributed by atoms with E-state index < -0.39 is 11.6 Å². The molecule has 1 saturated heterocycles. The van der Waals surface area contributed by atoms with Gasteiger partial charge in [0, 0.05) is 19.0 Å². The third kappa shape index (κ3) is 8.29. The van der Waals surface area contributed by atoms with Crippen molar-refractivity contribution in [2.24, 2.45) is 5.92 Å². The van der Waals surface area contributed by atoms with Crippen LogP contribution in [0.2, 0.25) is 0 Å². The van der Waals surface area contributed by atoms with Gasteiger partial charge in [-0.05, 0) is 39.5 Å². The van der Waals surface area contributed by atoms with Gasteiger partial charge in [0.1, 0.15) is 11.6 Å². The van der Waals surface area contributed by atoms with Crippen LogP contribution in [0.25, 0.3) is 0 Å². The lowest BCUT2D eigenvalue weighted by Gasteiger charge is -2.24. The molecule has 0 bridgehead atoms. The zero-order valence-electron chi connectivity index (χ0n) is 15.4. The van der Waals surface area contributed by atoms with E-state index in [9.17, 15) is 14.4 Å². The lowest BCUT2D eigenvalue weighted by atomic mass is 10.0. The summed E-state index contributed by atoms with van der Waals surface area (Å²) in [5.74, 6) is -0.166. The van der Waals surface area contributed by atoms with E-state index in [2.05, 4.69) is 29.8 Å². The predicted molar refractivity (Wildman–Crippen MR) is 91.3 cm³/mol. The van der Waals surface area contributed by atoms with Crippen LogP contribution in [0.15, 0.2) is 0 Å². The maximum Gasteiger partial charge on any atom is 0.320 e. The normalized spacial score (nSPS) is 19.1. The summed E-state index contributed by atoms with van der Waals surface area (Å²) in [6.07, 6.45) is 1.71. The molecule has 7 heteroatoms. The number of hydrogen-bond acceptors (Lipinski definition) is 5. The summed E-state index contributed by atoms with van der Waals surface area (Å²) in [6.45, 7) is 10.2. The average Bonchev–Trinajstić information content (AvgIpc) is 2.82. The van der Waals surface area contributed by atoms with Crippen molar-refractivity contribution >= 4 is 17.8 Å². The first-order chi connectivity index (χ1) is 11.1. The molecular weight excluding hydrogens is 310 g/mol. The van der Waals surface area contributed by atoms with Gasteiger partial charge in [-0.2, -0.15) is 0 Å². The molecular formula is C17H31N3O4. The molecule has 1 aliphatic heterocycles. The molecule has 1 aliphatic rings. The molecule has 0 radical (unpaired) electrons. The minimum Gasteiger partial charge on any atom is -0.459 e. The lowest BCUT2D eigenvalue weighted by molar-refractivity contribution is -0.153. The van der Waals surface area contributed by atoms with Crippen LogP contribution in [-0.2, 0) is 19.1 Å². The molecule has 0 unspecified atom stereocenters. The Morgan fingerprint density at radius 1 is 1.33 bits per heavy atom. The van der Waals surface area contributed by atoms with E-state index in [1.807, 2.05) is 20.8 Å². The third-order valence-corrected chi connectivity index (χ3v) is 3.49. The van der Waals surface area contributed by atoms with Gasteiger partial charge in [-0.15, -0.1) is 0 Å². The van der Waals surface area contributed by atoms with Crippen LogP contribution >= 0.6 is 0 Å². The van der Waals surface area contributed by atoms with Gasteiger partial charge in [0.05, 0.1) is 6.54 Å². The van der Waals surface area contributed by atoms with Crippen LogP contribution in [0.4, 0.5) is 0 Å². The van der Waals surface area contributed by atoms with Gasteiger partial charge in [-0.3, -0.25) is 14.4 Å². The molecule has 0 aromatic carbocycles. The van der Waals surface area contributed by atoms with E-state index in [4.69, 9.17) is 4.74 Å². The molecule has 1 heterocycles. The highest BCUT2D eigenvalue weighted by atomic mass is 16.6. The largest absolute Gasteiger partial charge is 0.459 e. The standard InChI is InChI=1S/C17H31N3O4/c1-11(2)8-12(9-18-10-15(22)24-17(3,4)5)19-16(23)13-6-7-14(21)20-13/h11-13,18H,6-10H2,1-5H3,(H,19,23)(H,20,21)/t12-,13+/m0/s1. The molecule has 0 aromatic rings. The van der Waals surface area contributed by atoms with Crippen molar-refractivity contribution in [1.82, 2.24) is 16.0 Å². The van der Waals surface area contributed by atoms with Crippen LogP contribution in [0, 0.1) is 5.92 Å². The summed E-state index contributed by atoms with van der Waals surface area (Å²) in [5, 5.41) is 8.67. The summed E-state index contributed by atoms with van der Waals surface area (Å²) < 4.78 is 5.24. The Kier molecular flexibility index (Phi) is 7.66. The maximum absolute atomic E-state index is 12.2. The Bertz CT molecular complexity index is 457. The van der Waals surface area contributed by atoms with Crippen LogP contribution in [-0.4, -0.2) is 48.6 Å². The van der Waals surface area contributed by atoms with Gasteiger partial charge < -0.3 is 20.7 Å². The highest BCUT2D eigenvalue weighted by molar-refractivity contribution is 5.90. The highest BCUT2D eigenvalue weighted by Gasteiger charge is 2.28. The Morgan fingerprint density at radius 3 is 2.50 bits per heavy atom. The third-order valence-electron chi connectivity index (χ3n) is 3.49. The van der Waals surface area contributed by atoms with E-state index in [1.165, 1.54) is 0 Å². The number of amides is 2. The maximum atomic E-state index is 12.2. The van der Waals surface area contributed by atoms with Crippen molar-refractivity contribution in [1.29, 1.82) is 0 Å². The van der Waals surface area contributed by atoms with Gasteiger partial charge in [0.2, 0.25) is 11.8 Å². The first-order valence-corrected chi connectivity index (χ1v) is 8.59. The summed E-state index contributed by atoms with van der Waals surface area (Å²) >= 11 is 0. The van der Waals surface area contributed by atoms with Crippen molar-refractivity contribution in [2.75, 3.05) is 13.1 Å². The van der Waals surface area contributed by atoms with Gasteiger partial charge in [0.25, 0.3) is 0 Å². The number of ether oxygens (including phenoxy) is 1. The number of carbonyl (C=O) groups is 3. The zero-order chi connectivity index (χ0) is 18.3. The molecule has 1 fully saturated rings. The van der Waals surface area contributed by atoms with Crippen molar-refractivity contribution in [3.8, 4) is 0 Å². The van der Waals surface area contributed by atoms with Gasteiger partial charge in [-0.1, -0.05) is 13.8 Å². The quantitative estimate of drug-likeness (QED) is 0.566. The number of rotatable bonds is 8. The smallest absolute Gasteiger partial charge is 0.320 e. The van der Waals surface area contributed by atoms with Crippen LogP contribution in [0.3, 0.4) is 0 Å². The molecule has 24 heavy (non-hydrogen) atoms. The van der Waals surface area contributed by atoms with E-state index >= 15 is 0 Å². The monoisotopic (exact) mass is 341 g/mol. The Hall–Kier alpha value is -1.63. The van der Waals surface area contributed by atoms with Gasteiger partial charge >= 0.3 is 5.97 Å². The summed E-state index contributed by atoms with van der Waals surface area (Å²) in [6, 6.07) is -0.546. The van der Waals surface area contributed by atoms with Crippen LogP contribution in [0.1, 0.15) is 53.9 Å².